The minimum atomic E-state index is -1.19. The first-order chi connectivity index (χ1) is 9.15. The summed E-state index contributed by atoms with van der Waals surface area (Å²) >= 11 is 12.0. The molecule has 1 aliphatic rings. The van der Waals surface area contributed by atoms with Crippen LogP contribution in [0.5, 0.6) is 0 Å². The number of carbonyl (C=O) groups excluding carboxylic acids is 2. The van der Waals surface area contributed by atoms with E-state index in [2.05, 4.69) is 0 Å². The summed E-state index contributed by atoms with van der Waals surface area (Å²) in [7, 11) is 0. The summed E-state index contributed by atoms with van der Waals surface area (Å²) < 4.78 is 0. The van der Waals surface area contributed by atoms with Gasteiger partial charge in [-0.3, -0.25) is 9.59 Å². The highest BCUT2D eigenvalue weighted by Gasteiger charge is 2.46. The van der Waals surface area contributed by atoms with Gasteiger partial charge in [0.15, 0.2) is 0 Å². The highest BCUT2D eigenvalue weighted by molar-refractivity contribution is 6.42. The van der Waals surface area contributed by atoms with Crippen molar-refractivity contribution >= 4 is 46.7 Å². The van der Waals surface area contributed by atoms with Gasteiger partial charge in [0, 0.05) is 6.42 Å². The summed E-state index contributed by atoms with van der Waals surface area (Å²) in [6.07, 6.45) is 0.0547. The average Bonchev–Trinajstić information content (AvgIpc) is 2.50. The predicted molar refractivity (Wildman–Crippen MR) is 74.3 cm³/mol. The molecule has 0 bridgehead atoms. The van der Waals surface area contributed by atoms with E-state index in [1.807, 2.05) is 0 Å². The number of nitrogens with zero attached hydrogens (tertiary/aromatic N) is 1. The maximum atomic E-state index is 12.2. The second-order valence-corrected chi connectivity index (χ2v) is 6.00. The third-order valence-electron chi connectivity index (χ3n) is 3.11. The average molecular weight is 316 g/mol. The predicted octanol–water partition coefficient (Wildman–Crippen LogP) is 2.98. The van der Waals surface area contributed by atoms with Crippen molar-refractivity contribution in [2.45, 2.75) is 20.3 Å². The van der Waals surface area contributed by atoms with Gasteiger partial charge in [-0.1, -0.05) is 37.0 Å². The van der Waals surface area contributed by atoms with E-state index in [0.29, 0.717) is 0 Å². The van der Waals surface area contributed by atoms with Crippen molar-refractivity contribution in [2.75, 3.05) is 4.90 Å². The number of benzene rings is 1. The van der Waals surface area contributed by atoms with Gasteiger partial charge in [0.05, 0.1) is 26.7 Å². The van der Waals surface area contributed by atoms with Crippen LogP contribution in [-0.4, -0.2) is 22.9 Å². The Labute approximate surface area is 125 Å². The van der Waals surface area contributed by atoms with Gasteiger partial charge < -0.3 is 5.11 Å². The van der Waals surface area contributed by atoms with E-state index in [4.69, 9.17) is 28.3 Å². The quantitative estimate of drug-likeness (QED) is 0.851. The van der Waals surface area contributed by atoms with Crippen molar-refractivity contribution in [1.82, 2.24) is 0 Å². The van der Waals surface area contributed by atoms with Crippen LogP contribution in [-0.2, 0) is 9.59 Å². The lowest BCUT2D eigenvalue weighted by Gasteiger charge is -2.20. The zero-order valence-electron chi connectivity index (χ0n) is 10.7. The lowest BCUT2D eigenvalue weighted by Crippen LogP contribution is -2.33. The van der Waals surface area contributed by atoms with Crippen molar-refractivity contribution in [2.24, 2.45) is 5.41 Å². The number of anilines is 1. The summed E-state index contributed by atoms with van der Waals surface area (Å²) in [6.45, 7) is 3.31. The Morgan fingerprint density at radius 2 is 1.75 bits per heavy atom. The molecule has 0 saturated carbocycles. The number of amides is 2. The lowest BCUT2D eigenvalue weighted by atomic mass is 9.92. The second kappa shape index (κ2) is 4.75. The molecular weight excluding hydrogens is 305 g/mol. The van der Waals surface area contributed by atoms with Gasteiger partial charge in [-0.15, -0.1) is 0 Å². The summed E-state index contributed by atoms with van der Waals surface area (Å²) in [5.74, 6) is -2.01. The van der Waals surface area contributed by atoms with Gasteiger partial charge >= 0.3 is 5.97 Å². The number of carboxylic acids is 1. The van der Waals surface area contributed by atoms with Crippen molar-refractivity contribution in [1.29, 1.82) is 0 Å². The molecule has 0 atom stereocenters. The largest absolute Gasteiger partial charge is 0.478 e. The van der Waals surface area contributed by atoms with Crippen LogP contribution >= 0.6 is 23.2 Å². The molecule has 7 heteroatoms. The number of halogens is 2. The first kappa shape index (κ1) is 14.8. The Balaban J connectivity index is 2.57. The fourth-order valence-electron chi connectivity index (χ4n) is 2.08. The fourth-order valence-corrected chi connectivity index (χ4v) is 2.73. The van der Waals surface area contributed by atoms with Crippen LogP contribution < -0.4 is 4.90 Å². The molecule has 106 valence electrons. The highest BCUT2D eigenvalue weighted by atomic mass is 35.5. The van der Waals surface area contributed by atoms with Crippen molar-refractivity contribution < 1.29 is 19.5 Å². The Morgan fingerprint density at radius 3 is 2.10 bits per heavy atom. The van der Waals surface area contributed by atoms with Crippen LogP contribution in [0.25, 0.3) is 0 Å². The maximum Gasteiger partial charge on any atom is 0.335 e. The molecule has 1 aromatic rings. The Kier molecular flexibility index (Phi) is 3.52. The smallest absolute Gasteiger partial charge is 0.335 e. The Morgan fingerprint density at radius 1 is 1.25 bits per heavy atom. The molecule has 0 radical (unpaired) electrons. The SMILES string of the molecule is CC1(C)CC(=O)N(c2c(Cl)cc(C(=O)O)cc2Cl)C1=O. The Hall–Kier alpha value is -1.59. The molecule has 5 nitrogen and oxygen atoms in total. The topological polar surface area (TPSA) is 74.7 Å². The Bertz CT molecular complexity index is 616. The summed E-state index contributed by atoms with van der Waals surface area (Å²) in [5.41, 5.74) is -0.893. The molecule has 1 aliphatic heterocycles. The lowest BCUT2D eigenvalue weighted by molar-refractivity contribution is -0.124. The van der Waals surface area contributed by atoms with Crippen molar-refractivity contribution in [3.63, 3.8) is 0 Å². The maximum absolute atomic E-state index is 12.2. The van der Waals surface area contributed by atoms with Gasteiger partial charge in [0.1, 0.15) is 0 Å². The van der Waals surface area contributed by atoms with Crippen LogP contribution in [0.15, 0.2) is 12.1 Å². The van der Waals surface area contributed by atoms with Crippen LogP contribution in [0.1, 0.15) is 30.6 Å². The van der Waals surface area contributed by atoms with E-state index in [1.54, 1.807) is 13.8 Å². The number of carbonyl (C=O) groups is 3. The minimum Gasteiger partial charge on any atom is -0.478 e. The van der Waals surface area contributed by atoms with Crippen LogP contribution in [0.4, 0.5) is 5.69 Å². The molecule has 0 spiro atoms. The van der Waals surface area contributed by atoms with Gasteiger partial charge in [0.2, 0.25) is 11.8 Å². The third-order valence-corrected chi connectivity index (χ3v) is 3.69. The van der Waals surface area contributed by atoms with Crippen molar-refractivity contribution in [3.05, 3.63) is 27.7 Å². The van der Waals surface area contributed by atoms with E-state index in [-0.39, 0.29) is 27.7 Å². The summed E-state index contributed by atoms with van der Waals surface area (Å²) in [5, 5.41) is 8.82. The van der Waals surface area contributed by atoms with Crippen LogP contribution in [0.2, 0.25) is 10.0 Å². The molecule has 1 saturated heterocycles. The van der Waals surface area contributed by atoms with Gasteiger partial charge in [0.25, 0.3) is 0 Å². The zero-order chi connectivity index (χ0) is 15.2. The molecule has 1 N–H and O–H groups in total. The number of carboxylic acid groups (broad SMARTS) is 1. The van der Waals surface area contributed by atoms with Crippen LogP contribution in [0.3, 0.4) is 0 Å². The number of aromatic carboxylic acids is 1. The fraction of sp³-hybridized carbons (Fsp3) is 0.308. The van der Waals surface area contributed by atoms with Gasteiger partial charge in [-0.05, 0) is 12.1 Å². The number of hydrogen-bond acceptors (Lipinski definition) is 3. The molecule has 1 fully saturated rings. The molecule has 0 aliphatic carbocycles. The number of hydrogen-bond donors (Lipinski definition) is 1. The minimum absolute atomic E-state index is 0.0407. The van der Waals surface area contributed by atoms with E-state index >= 15 is 0 Å². The number of rotatable bonds is 2. The zero-order valence-corrected chi connectivity index (χ0v) is 12.2. The molecule has 2 amide bonds. The van der Waals surface area contributed by atoms with Gasteiger partial charge in [-0.2, -0.15) is 0 Å². The molecule has 2 rings (SSSR count). The third kappa shape index (κ3) is 2.27. The van der Waals surface area contributed by atoms with E-state index in [1.165, 1.54) is 0 Å². The summed E-state index contributed by atoms with van der Waals surface area (Å²) in [4.78, 5) is 36.1. The standard InChI is InChI=1S/C13H11Cl2NO4/c1-13(2)5-9(17)16(12(13)20)10-7(14)3-6(11(18)19)4-8(10)15/h3-4H,5H2,1-2H3,(H,18,19). The first-order valence-electron chi connectivity index (χ1n) is 5.75. The number of imide groups is 1. The second-order valence-electron chi connectivity index (χ2n) is 5.19. The van der Waals surface area contributed by atoms with E-state index in [0.717, 1.165) is 17.0 Å². The molecule has 0 unspecified atom stereocenters. The van der Waals surface area contributed by atoms with Crippen molar-refractivity contribution in [3.8, 4) is 0 Å². The molecular formula is C13H11Cl2NO4. The van der Waals surface area contributed by atoms with E-state index in [9.17, 15) is 14.4 Å². The highest BCUT2D eigenvalue weighted by Crippen LogP contribution is 2.42. The molecule has 1 heterocycles. The molecule has 1 aromatic carbocycles. The monoisotopic (exact) mass is 315 g/mol. The first-order valence-corrected chi connectivity index (χ1v) is 6.50. The molecule has 20 heavy (non-hydrogen) atoms. The summed E-state index contributed by atoms with van der Waals surface area (Å²) in [6, 6.07) is 2.33. The van der Waals surface area contributed by atoms with Gasteiger partial charge in [-0.25, -0.2) is 9.69 Å². The van der Waals surface area contributed by atoms with E-state index < -0.39 is 23.2 Å². The normalized spacial score (nSPS) is 17.7. The van der Waals surface area contributed by atoms with Crippen LogP contribution in [0, 0.1) is 5.41 Å². The molecule has 0 aromatic heterocycles.